The van der Waals surface area contributed by atoms with Gasteiger partial charge in [0.25, 0.3) is 0 Å². The Morgan fingerprint density at radius 2 is 2.14 bits per heavy atom. The lowest BCUT2D eigenvalue weighted by Crippen LogP contribution is -2.31. The molecule has 0 aromatic heterocycles. The highest BCUT2D eigenvalue weighted by Crippen LogP contribution is 2.33. The maximum Gasteiger partial charge on any atom is 0.167 e. The van der Waals surface area contributed by atoms with Crippen molar-refractivity contribution in [1.29, 1.82) is 0 Å². The Morgan fingerprint density at radius 1 is 1.43 bits per heavy atom. The van der Waals surface area contributed by atoms with E-state index in [1.165, 1.54) is 0 Å². The van der Waals surface area contributed by atoms with E-state index >= 15 is 0 Å². The summed E-state index contributed by atoms with van der Waals surface area (Å²) < 4.78 is 11.5. The van der Waals surface area contributed by atoms with Crippen LogP contribution in [0.2, 0.25) is 0 Å². The average Bonchev–Trinajstić information content (AvgIpc) is 2.83. The summed E-state index contributed by atoms with van der Waals surface area (Å²) in [6.07, 6.45) is -0.987. The number of aliphatic hydroxyl groups is 1. The van der Waals surface area contributed by atoms with Gasteiger partial charge >= 0.3 is 0 Å². The second kappa shape index (κ2) is 7.43. The van der Waals surface area contributed by atoms with E-state index in [4.69, 9.17) is 15.0 Å². The van der Waals surface area contributed by atoms with Crippen molar-refractivity contribution in [2.24, 2.45) is 11.0 Å². The molecule has 21 heavy (non-hydrogen) atoms. The number of hydrogen-bond acceptors (Lipinski definition) is 4. The van der Waals surface area contributed by atoms with Crippen LogP contribution in [0, 0.1) is 5.92 Å². The van der Waals surface area contributed by atoms with E-state index < -0.39 is 18.4 Å². The second-order valence-electron chi connectivity index (χ2n) is 5.30. The summed E-state index contributed by atoms with van der Waals surface area (Å²) in [7, 11) is 0. The van der Waals surface area contributed by atoms with Crippen LogP contribution in [0.15, 0.2) is 35.4 Å². The molecular weight excluding hydrogens is 270 g/mol. The van der Waals surface area contributed by atoms with E-state index in [0.717, 1.165) is 5.56 Å². The van der Waals surface area contributed by atoms with Gasteiger partial charge in [-0.25, -0.2) is 0 Å². The third-order valence-electron chi connectivity index (χ3n) is 3.87. The zero-order valence-electron chi connectivity index (χ0n) is 12.3. The Bertz CT molecular complexity index is 490. The fourth-order valence-corrected chi connectivity index (χ4v) is 2.58. The van der Waals surface area contributed by atoms with Crippen LogP contribution < -0.4 is 0 Å². The zero-order valence-corrected chi connectivity index (χ0v) is 12.3. The van der Waals surface area contributed by atoms with Crippen LogP contribution in [0.1, 0.15) is 25.8 Å². The molecule has 0 saturated carbocycles. The van der Waals surface area contributed by atoms with Gasteiger partial charge in [-0.05, 0) is 23.4 Å². The normalized spacial score (nSPS) is 29.9. The van der Waals surface area contributed by atoms with Crippen molar-refractivity contribution < 1.29 is 14.6 Å². The van der Waals surface area contributed by atoms with Gasteiger partial charge in [0.2, 0.25) is 0 Å². The van der Waals surface area contributed by atoms with E-state index in [1.807, 2.05) is 44.2 Å². The zero-order chi connectivity index (χ0) is 15.2. The molecule has 2 rings (SSSR count). The number of benzene rings is 1. The Morgan fingerprint density at radius 3 is 2.76 bits per heavy atom. The van der Waals surface area contributed by atoms with Gasteiger partial charge < -0.3 is 14.6 Å². The number of aliphatic hydroxyl groups excluding tert-OH is 1. The van der Waals surface area contributed by atoms with Crippen LogP contribution >= 0.6 is 0 Å². The van der Waals surface area contributed by atoms with E-state index in [2.05, 4.69) is 10.0 Å². The fraction of sp³-hybridized carbons (Fsp3) is 0.600. The minimum absolute atomic E-state index is 0.0865. The van der Waals surface area contributed by atoms with Gasteiger partial charge in [-0.3, -0.25) is 0 Å². The largest absolute Gasteiger partial charge is 0.390 e. The SMILES string of the molecule is CC[C@H](O)[C@H]1O[C@H](OCc2ccccc2)[C@H](N=[N+]=[N-])C1C. The third-order valence-corrected chi connectivity index (χ3v) is 3.87. The maximum absolute atomic E-state index is 10.0. The summed E-state index contributed by atoms with van der Waals surface area (Å²) >= 11 is 0. The highest BCUT2D eigenvalue weighted by atomic mass is 16.7. The second-order valence-corrected chi connectivity index (χ2v) is 5.30. The summed E-state index contributed by atoms with van der Waals surface area (Å²) in [5.74, 6) is -0.0865. The molecule has 1 saturated heterocycles. The van der Waals surface area contributed by atoms with Gasteiger partial charge in [0.1, 0.15) is 0 Å². The molecule has 1 aromatic rings. The molecule has 0 spiro atoms. The first-order chi connectivity index (χ1) is 10.2. The molecule has 1 aliphatic heterocycles. The molecule has 0 bridgehead atoms. The van der Waals surface area contributed by atoms with Crippen molar-refractivity contribution in [3.8, 4) is 0 Å². The molecule has 1 unspecified atom stereocenters. The van der Waals surface area contributed by atoms with Gasteiger partial charge in [-0.2, -0.15) is 0 Å². The van der Waals surface area contributed by atoms with Crippen molar-refractivity contribution >= 4 is 0 Å². The summed E-state index contributed by atoms with van der Waals surface area (Å²) in [6.45, 7) is 4.18. The lowest BCUT2D eigenvalue weighted by Gasteiger charge is -2.20. The molecule has 1 fully saturated rings. The first-order valence-corrected chi connectivity index (χ1v) is 7.20. The Labute approximate surface area is 124 Å². The van der Waals surface area contributed by atoms with E-state index in [1.54, 1.807) is 0 Å². The van der Waals surface area contributed by atoms with Gasteiger partial charge in [-0.15, -0.1) is 0 Å². The predicted molar refractivity (Wildman–Crippen MR) is 78.3 cm³/mol. The molecular formula is C15H21N3O3. The van der Waals surface area contributed by atoms with Crippen molar-refractivity contribution in [2.45, 2.75) is 51.4 Å². The molecule has 1 aliphatic rings. The molecule has 114 valence electrons. The van der Waals surface area contributed by atoms with Crippen LogP contribution in [-0.2, 0) is 16.1 Å². The number of rotatable bonds is 6. The van der Waals surface area contributed by atoms with Crippen LogP contribution in [0.25, 0.3) is 10.4 Å². The monoisotopic (exact) mass is 291 g/mol. The van der Waals surface area contributed by atoms with Crippen LogP contribution in [0.3, 0.4) is 0 Å². The average molecular weight is 291 g/mol. The van der Waals surface area contributed by atoms with Crippen molar-refractivity contribution in [3.05, 3.63) is 46.3 Å². The highest BCUT2D eigenvalue weighted by molar-refractivity contribution is 5.13. The first kappa shape index (κ1) is 15.8. The highest BCUT2D eigenvalue weighted by Gasteiger charge is 2.44. The maximum atomic E-state index is 10.0. The van der Waals surface area contributed by atoms with Gasteiger partial charge in [-0.1, -0.05) is 49.3 Å². The standard InChI is InChI=1S/C15H21N3O3/c1-3-12(19)14-10(2)13(17-18-16)15(21-14)20-9-11-7-5-4-6-8-11/h4-8,10,12-15,19H,3,9H2,1-2H3/t10?,12-,13+,14-,15-/m0/s1. The molecule has 1 N–H and O–H groups in total. The predicted octanol–water partition coefficient (Wildman–Crippen LogP) is 3.01. The minimum atomic E-state index is -0.623. The molecule has 0 amide bonds. The summed E-state index contributed by atoms with van der Waals surface area (Å²) in [5.41, 5.74) is 9.74. The third kappa shape index (κ3) is 3.74. The number of azide groups is 1. The van der Waals surface area contributed by atoms with Crippen LogP contribution in [0.4, 0.5) is 0 Å². The van der Waals surface area contributed by atoms with Crippen molar-refractivity contribution in [1.82, 2.24) is 0 Å². The number of hydrogen-bond donors (Lipinski definition) is 1. The van der Waals surface area contributed by atoms with Gasteiger partial charge in [0.15, 0.2) is 6.29 Å². The Balaban J connectivity index is 2.04. The molecule has 1 heterocycles. The molecule has 6 heteroatoms. The van der Waals surface area contributed by atoms with E-state index in [9.17, 15) is 5.11 Å². The number of ether oxygens (including phenoxy) is 2. The first-order valence-electron chi connectivity index (χ1n) is 7.20. The Kier molecular flexibility index (Phi) is 5.59. The van der Waals surface area contributed by atoms with Crippen molar-refractivity contribution in [3.63, 3.8) is 0 Å². The summed E-state index contributed by atoms with van der Waals surface area (Å²) in [4.78, 5) is 2.88. The molecule has 0 radical (unpaired) electrons. The molecule has 0 aliphatic carbocycles. The van der Waals surface area contributed by atoms with Gasteiger partial charge in [0, 0.05) is 4.91 Å². The summed E-state index contributed by atoms with van der Waals surface area (Å²) in [6, 6.07) is 9.30. The minimum Gasteiger partial charge on any atom is -0.390 e. The molecule has 5 atom stereocenters. The fourth-order valence-electron chi connectivity index (χ4n) is 2.58. The van der Waals surface area contributed by atoms with Gasteiger partial charge in [0.05, 0.1) is 24.9 Å². The van der Waals surface area contributed by atoms with Crippen LogP contribution in [0.5, 0.6) is 0 Å². The summed E-state index contributed by atoms with van der Waals surface area (Å²) in [5, 5.41) is 13.8. The topological polar surface area (TPSA) is 87.5 Å². The quantitative estimate of drug-likeness (QED) is 0.496. The van der Waals surface area contributed by atoms with E-state index in [-0.39, 0.29) is 12.0 Å². The lowest BCUT2D eigenvalue weighted by molar-refractivity contribution is -0.164. The van der Waals surface area contributed by atoms with Crippen molar-refractivity contribution in [2.75, 3.05) is 0 Å². The van der Waals surface area contributed by atoms with Crippen LogP contribution in [-0.4, -0.2) is 29.6 Å². The van der Waals surface area contributed by atoms with E-state index in [0.29, 0.717) is 13.0 Å². The lowest BCUT2D eigenvalue weighted by atomic mass is 9.94. The number of nitrogens with zero attached hydrogens (tertiary/aromatic N) is 3. The Hall–Kier alpha value is -1.59. The molecule has 6 nitrogen and oxygen atoms in total. The molecule has 1 aromatic carbocycles. The smallest absolute Gasteiger partial charge is 0.167 e.